The SMILES string of the molecule is Fc1ccc(-c2cnc3[nH]cc(-c4ccnc(NC5CCCC5)n4)c3c2)cc1. The minimum Gasteiger partial charge on any atom is -0.351 e. The van der Waals surface area contributed by atoms with Crippen LogP contribution in [0.3, 0.4) is 0 Å². The molecule has 1 saturated carbocycles. The first-order valence-electron chi connectivity index (χ1n) is 9.59. The maximum atomic E-state index is 13.2. The average molecular weight is 373 g/mol. The van der Waals surface area contributed by atoms with Gasteiger partial charge in [0.05, 0.1) is 5.69 Å². The number of aromatic amines is 1. The molecule has 0 saturated heterocycles. The minimum atomic E-state index is -0.247. The maximum absolute atomic E-state index is 13.2. The smallest absolute Gasteiger partial charge is 0.223 e. The average Bonchev–Trinajstić information content (AvgIpc) is 3.38. The first-order valence-corrected chi connectivity index (χ1v) is 9.59. The van der Waals surface area contributed by atoms with E-state index in [9.17, 15) is 4.39 Å². The summed E-state index contributed by atoms with van der Waals surface area (Å²) in [5.41, 5.74) is 4.48. The van der Waals surface area contributed by atoms with Crippen molar-refractivity contribution in [3.8, 4) is 22.4 Å². The van der Waals surface area contributed by atoms with Crippen LogP contribution in [0.25, 0.3) is 33.4 Å². The van der Waals surface area contributed by atoms with E-state index in [0.29, 0.717) is 12.0 Å². The Morgan fingerprint density at radius 3 is 2.64 bits per heavy atom. The molecule has 5 rings (SSSR count). The second-order valence-corrected chi connectivity index (χ2v) is 7.22. The molecule has 2 N–H and O–H groups in total. The first kappa shape index (κ1) is 16.9. The van der Waals surface area contributed by atoms with E-state index in [-0.39, 0.29) is 5.82 Å². The van der Waals surface area contributed by atoms with Gasteiger partial charge in [0.25, 0.3) is 0 Å². The third kappa shape index (κ3) is 3.22. The summed E-state index contributed by atoms with van der Waals surface area (Å²) in [4.78, 5) is 16.8. The van der Waals surface area contributed by atoms with Crippen LogP contribution in [0.5, 0.6) is 0 Å². The van der Waals surface area contributed by atoms with Crippen LogP contribution >= 0.6 is 0 Å². The standard InChI is InChI=1S/C22H20FN5/c23-16-7-5-14(6-8-16)15-11-18-19(13-26-21(18)25-12-15)20-9-10-24-22(28-20)27-17-3-1-2-4-17/h5-13,17H,1-4H2,(H,25,26)(H,24,27,28). The zero-order valence-electron chi connectivity index (χ0n) is 15.3. The van der Waals surface area contributed by atoms with E-state index in [4.69, 9.17) is 4.98 Å². The zero-order chi connectivity index (χ0) is 18.9. The van der Waals surface area contributed by atoms with Crippen molar-refractivity contribution in [1.82, 2.24) is 19.9 Å². The van der Waals surface area contributed by atoms with Crippen LogP contribution in [0.4, 0.5) is 10.3 Å². The van der Waals surface area contributed by atoms with Crippen molar-refractivity contribution in [2.75, 3.05) is 5.32 Å². The summed E-state index contributed by atoms with van der Waals surface area (Å²) in [5, 5.41) is 4.43. The van der Waals surface area contributed by atoms with E-state index in [1.54, 1.807) is 24.5 Å². The second-order valence-electron chi connectivity index (χ2n) is 7.22. The Morgan fingerprint density at radius 2 is 1.82 bits per heavy atom. The fourth-order valence-corrected chi connectivity index (χ4v) is 3.85. The highest BCUT2D eigenvalue weighted by Gasteiger charge is 2.16. The van der Waals surface area contributed by atoms with Crippen LogP contribution in [0.15, 0.2) is 55.0 Å². The van der Waals surface area contributed by atoms with Crippen molar-refractivity contribution >= 4 is 17.0 Å². The normalized spacial score (nSPS) is 14.6. The lowest BCUT2D eigenvalue weighted by Gasteiger charge is -2.12. The number of nitrogens with zero attached hydrogens (tertiary/aromatic N) is 3. The highest BCUT2D eigenvalue weighted by Crippen LogP contribution is 2.30. The molecule has 0 bridgehead atoms. The molecular weight excluding hydrogens is 353 g/mol. The molecule has 0 radical (unpaired) electrons. The number of aromatic nitrogens is 4. The lowest BCUT2D eigenvalue weighted by atomic mass is 10.0. The number of hydrogen-bond donors (Lipinski definition) is 2. The van der Waals surface area contributed by atoms with Gasteiger partial charge >= 0.3 is 0 Å². The molecule has 4 aromatic rings. The van der Waals surface area contributed by atoms with Crippen LogP contribution in [0.2, 0.25) is 0 Å². The van der Waals surface area contributed by atoms with Crippen LogP contribution in [0, 0.1) is 5.82 Å². The topological polar surface area (TPSA) is 66.5 Å². The van der Waals surface area contributed by atoms with Crippen LogP contribution in [0.1, 0.15) is 25.7 Å². The molecule has 1 aliphatic rings. The molecule has 28 heavy (non-hydrogen) atoms. The lowest BCUT2D eigenvalue weighted by Crippen LogP contribution is -2.16. The van der Waals surface area contributed by atoms with Crippen molar-refractivity contribution in [1.29, 1.82) is 0 Å². The summed E-state index contributed by atoms with van der Waals surface area (Å²) in [7, 11) is 0. The second kappa shape index (κ2) is 7.03. The van der Waals surface area contributed by atoms with Gasteiger partial charge in [0.1, 0.15) is 11.5 Å². The van der Waals surface area contributed by atoms with Gasteiger partial charge in [0.15, 0.2) is 0 Å². The molecule has 1 aliphatic carbocycles. The summed E-state index contributed by atoms with van der Waals surface area (Å²) in [6.07, 6.45) is 10.4. The van der Waals surface area contributed by atoms with Crippen molar-refractivity contribution in [2.45, 2.75) is 31.7 Å². The number of pyridine rings is 1. The van der Waals surface area contributed by atoms with Gasteiger partial charge in [-0.15, -0.1) is 0 Å². The molecule has 3 aromatic heterocycles. The quantitative estimate of drug-likeness (QED) is 0.517. The fourth-order valence-electron chi connectivity index (χ4n) is 3.85. The number of benzene rings is 1. The summed E-state index contributed by atoms with van der Waals surface area (Å²) >= 11 is 0. The van der Waals surface area contributed by atoms with Gasteiger partial charge in [-0.1, -0.05) is 25.0 Å². The van der Waals surface area contributed by atoms with E-state index in [1.807, 2.05) is 12.3 Å². The number of anilines is 1. The molecule has 0 aliphatic heterocycles. The van der Waals surface area contributed by atoms with Crippen LogP contribution in [-0.4, -0.2) is 26.0 Å². The number of halogens is 1. The van der Waals surface area contributed by atoms with Gasteiger partial charge in [0.2, 0.25) is 5.95 Å². The van der Waals surface area contributed by atoms with E-state index >= 15 is 0 Å². The molecule has 6 heteroatoms. The summed E-state index contributed by atoms with van der Waals surface area (Å²) < 4.78 is 13.2. The third-order valence-electron chi connectivity index (χ3n) is 5.33. The van der Waals surface area contributed by atoms with Gasteiger partial charge in [0, 0.05) is 41.1 Å². The lowest BCUT2D eigenvalue weighted by molar-refractivity contribution is 0.628. The molecule has 140 valence electrons. The highest BCUT2D eigenvalue weighted by molar-refractivity contribution is 5.95. The maximum Gasteiger partial charge on any atom is 0.223 e. The molecular formula is C22H20FN5. The minimum absolute atomic E-state index is 0.247. The van der Waals surface area contributed by atoms with Crippen molar-refractivity contribution < 1.29 is 4.39 Å². The molecule has 0 atom stereocenters. The van der Waals surface area contributed by atoms with Crippen LogP contribution < -0.4 is 5.32 Å². The number of hydrogen-bond acceptors (Lipinski definition) is 4. The number of fused-ring (bicyclic) bond motifs is 1. The Kier molecular flexibility index (Phi) is 4.24. The molecule has 5 nitrogen and oxygen atoms in total. The Morgan fingerprint density at radius 1 is 1.00 bits per heavy atom. The summed E-state index contributed by atoms with van der Waals surface area (Å²) in [6, 6.07) is 10.9. The number of rotatable bonds is 4. The number of H-pyrrole nitrogens is 1. The zero-order valence-corrected chi connectivity index (χ0v) is 15.3. The molecule has 1 aromatic carbocycles. The highest BCUT2D eigenvalue weighted by atomic mass is 19.1. The summed E-state index contributed by atoms with van der Waals surface area (Å²) in [5.74, 6) is 0.421. The van der Waals surface area contributed by atoms with Crippen molar-refractivity contribution in [2.24, 2.45) is 0 Å². The molecule has 0 spiro atoms. The molecule has 0 amide bonds. The van der Waals surface area contributed by atoms with E-state index in [0.717, 1.165) is 33.4 Å². The van der Waals surface area contributed by atoms with E-state index < -0.39 is 0 Å². The monoisotopic (exact) mass is 373 g/mol. The first-order chi connectivity index (χ1) is 13.8. The molecule has 1 fully saturated rings. The Labute approximate surface area is 162 Å². The van der Waals surface area contributed by atoms with Gasteiger partial charge < -0.3 is 10.3 Å². The van der Waals surface area contributed by atoms with Crippen LogP contribution in [-0.2, 0) is 0 Å². The predicted molar refractivity (Wildman–Crippen MR) is 108 cm³/mol. The van der Waals surface area contributed by atoms with E-state index in [1.165, 1.54) is 37.8 Å². The summed E-state index contributed by atoms with van der Waals surface area (Å²) in [6.45, 7) is 0. The predicted octanol–water partition coefficient (Wildman–Crippen LogP) is 5.18. The number of nitrogens with one attached hydrogen (secondary N) is 2. The Balaban J connectivity index is 1.52. The van der Waals surface area contributed by atoms with Gasteiger partial charge in [-0.3, -0.25) is 0 Å². The van der Waals surface area contributed by atoms with Gasteiger partial charge in [-0.25, -0.2) is 19.3 Å². The van der Waals surface area contributed by atoms with Crippen molar-refractivity contribution in [3.63, 3.8) is 0 Å². The van der Waals surface area contributed by atoms with Crippen molar-refractivity contribution in [3.05, 3.63) is 60.8 Å². The molecule has 3 heterocycles. The van der Waals surface area contributed by atoms with Gasteiger partial charge in [-0.05, 0) is 42.7 Å². The van der Waals surface area contributed by atoms with Gasteiger partial charge in [-0.2, -0.15) is 0 Å². The fraction of sp³-hybridized carbons (Fsp3) is 0.227. The third-order valence-corrected chi connectivity index (χ3v) is 5.33. The Bertz CT molecular complexity index is 1110. The van der Waals surface area contributed by atoms with E-state index in [2.05, 4.69) is 26.3 Å². The largest absolute Gasteiger partial charge is 0.351 e. The molecule has 0 unspecified atom stereocenters. The Hall–Kier alpha value is -3.28.